The maximum Gasteiger partial charge on any atom is 0.433 e. The molecule has 0 aliphatic carbocycles. The van der Waals surface area contributed by atoms with Crippen molar-refractivity contribution in [1.29, 1.82) is 0 Å². The molecule has 1 unspecified atom stereocenters. The van der Waals surface area contributed by atoms with Crippen molar-refractivity contribution in [3.63, 3.8) is 0 Å². The number of carbonyl (C=O) groups excluding carboxylic acids is 1. The van der Waals surface area contributed by atoms with Crippen LogP contribution in [0.1, 0.15) is 33.8 Å². The van der Waals surface area contributed by atoms with E-state index in [0.29, 0.717) is 21.4 Å². The van der Waals surface area contributed by atoms with Crippen LogP contribution in [0.3, 0.4) is 0 Å². The first kappa shape index (κ1) is 20.3. The first-order valence-electron chi connectivity index (χ1n) is 8.97. The number of nitrogens with zero attached hydrogens (tertiary/aromatic N) is 2. The Morgan fingerprint density at radius 2 is 2.10 bits per heavy atom. The molecule has 0 spiro atoms. The molecule has 30 heavy (non-hydrogen) atoms. The molecule has 1 atom stereocenters. The van der Waals surface area contributed by atoms with Crippen LogP contribution in [0, 0.1) is 0 Å². The number of hydrogen-bond donors (Lipinski definition) is 1. The van der Waals surface area contributed by atoms with E-state index >= 15 is 0 Å². The van der Waals surface area contributed by atoms with Gasteiger partial charge >= 0.3 is 12.1 Å². The van der Waals surface area contributed by atoms with Gasteiger partial charge in [-0.2, -0.15) is 13.2 Å². The van der Waals surface area contributed by atoms with E-state index in [1.165, 1.54) is 22.4 Å². The zero-order valence-electron chi connectivity index (χ0n) is 15.6. The fourth-order valence-electron chi connectivity index (χ4n) is 3.41. The van der Waals surface area contributed by atoms with Gasteiger partial charge in [0.15, 0.2) is 5.56 Å². The van der Waals surface area contributed by atoms with Gasteiger partial charge < -0.3 is 14.4 Å². The fourth-order valence-corrected chi connectivity index (χ4v) is 4.71. The second-order valence-electron chi connectivity index (χ2n) is 6.59. The molecule has 156 valence electrons. The molecule has 0 radical (unpaired) electrons. The second-order valence-corrected chi connectivity index (χ2v) is 7.84. The van der Waals surface area contributed by atoms with Gasteiger partial charge in [0.25, 0.3) is 5.56 Å². The number of aromatic nitrogens is 2. The Hall–Kier alpha value is -3.01. The fraction of sp³-hybridized carbons (Fsp3) is 0.250. The topological polar surface area (TPSA) is 81.4 Å². The number of para-hydroxylation sites is 1. The summed E-state index contributed by atoms with van der Waals surface area (Å²) in [7, 11) is 0. The number of hydrogen-bond acceptors (Lipinski definition) is 6. The highest BCUT2D eigenvalue weighted by atomic mass is 32.2. The van der Waals surface area contributed by atoms with Crippen LogP contribution in [-0.4, -0.2) is 27.2 Å². The number of benzene rings is 1. The molecule has 1 aliphatic rings. The Balaban J connectivity index is 1.83. The molecule has 1 aromatic carbocycles. The third-order valence-electron chi connectivity index (χ3n) is 4.77. The highest BCUT2D eigenvalue weighted by molar-refractivity contribution is 7.99. The lowest BCUT2D eigenvalue weighted by molar-refractivity contribution is -0.141. The Morgan fingerprint density at radius 1 is 1.33 bits per heavy atom. The molecule has 1 aliphatic heterocycles. The minimum absolute atomic E-state index is 0.0332. The standard InChI is InChI=1S/C20H15F3N2O4S/c1-2-29-19(28)15-17(26)11-4-3-5-12-16(11)25(18(15)27)9-13(30-12)10-6-7-14(24-8-10)20(21,22)23/h3-8,13,26H,2,9H2,1H3. The summed E-state index contributed by atoms with van der Waals surface area (Å²) in [5.41, 5.74) is -1.20. The van der Waals surface area contributed by atoms with Crippen molar-refractivity contribution in [2.24, 2.45) is 0 Å². The maximum atomic E-state index is 13.0. The molecule has 0 saturated heterocycles. The van der Waals surface area contributed by atoms with E-state index < -0.39 is 40.0 Å². The lowest BCUT2D eigenvalue weighted by Crippen LogP contribution is -2.31. The number of carbonyl (C=O) groups is 1. The number of aromatic hydroxyl groups is 1. The Morgan fingerprint density at radius 3 is 2.73 bits per heavy atom. The lowest BCUT2D eigenvalue weighted by atomic mass is 10.1. The first-order valence-corrected chi connectivity index (χ1v) is 9.85. The van der Waals surface area contributed by atoms with Crippen molar-refractivity contribution in [1.82, 2.24) is 9.55 Å². The predicted octanol–water partition coefficient (Wildman–Crippen LogP) is 4.14. The number of ether oxygens (including phenoxy) is 1. The van der Waals surface area contributed by atoms with E-state index in [-0.39, 0.29) is 13.2 Å². The molecular formula is C20H15F3N2O4S. The number of pyridine rings is 2. The van der Waals surface area contributed by atoms with E-state index in [4.69, 9.17) is 4.74 Å². The minimum Gasteiger partial charge on any atom is -0.506 e. The zero-order chi connectivity index (χ0) is 21.6. The largest absolute Gasteiger partial charge is 0.506 e. The molecule has 10 heteroatoms. The summed E-state index contributed by atoms with van der Waals surface area (Å²) in [4.78, 5) is 29.5. The number of rotatable bonds is 3. The van der Waals surface area contributed by atoms with Crippen LogP contribution >= 0.6 is 11.8 Å². The summed E-state index contributed by atoms with van der Waals surface area (Å²) in [6.07, 6.45) is -3.40. The molecule has 1 N–H and O–H groups in total. The SMILES string of the molecule is CCOC(=O)c1c(O)c2cccc3c2n(c1=O)CC(c1ccc(C(F)(F)F)nc1)S3. The van der Waals surface area contributed by atoms with Gasteiger partial charge in [-0.25, -0.2) is 4.79 Å². The van der Waals surface area contributed by atoms with E-state index in [0.717, 1.165) is 12.3 Å². The third-order valence-corrected chi connectivity index (χ3v) is 6.05. The number of alkyl halides is 3. The minimum atomic E-state index is -4.54. The molecule has 3 aromatic rings. The average molecular weight is 436 g/mol. The summed E-state index contributed by atoms with van der Waals surface area (Å²) in [6.45, 7) is 1.71. The van der Waals surface area contributed by atoms with Crippen molar-refractivity contribution < 1.29 is 27.8 Å². The van der Waals surface area contributed by atoms with Crippen LogP contribution in [0.15, 0.2) is 46.2 Å². The smallest absolute Gasteiger partial charge is 0.433 e. The Labute approximate surface area is 172 Å². The van der Waals surface area contributed by atoms with Gasteiger partial charge in [-0.3, -0.25) is 9.78 Å². The van der Waals surface area contributed by atoms with Gasteiger partial charge in [-0.1, -0.05) is 12.1 Å². The number of esters is 1. The third kappa shape index (κ3) is 3.30. The zero-order valence-corrected chi connectivity index (χ0v) is 16.4. The van der Waals surface area contributed by atoms with E-state index in [1.807, 2.05) is 0 Å². The molecule has 3 heterocycles. The summed E-state index contributed by atoms with van der Waals surface area (Å²) < 4.78 is 44.7. The van der Waals surface area contributed by atoms with E-state index in [1.54, 1.807) is 25.1 Å². The van der Waals surface area contributed by atoms with Crippen molar-refractivity contribution in [2.45, 2.75) is 29.8 Å². The van der Waals surface area contributed by atoms with Gasteiger partial charge in [0.2, 0.25) is 0 Å². The van der Waals surface area contributed by atoms with Crippen molar-refractivity contribution in [3.05, 3.63) is 63.7 Å². The Bertz CT molecular complexity index is 1210. The van der Waals surface area contributed by atoms with Crippen LogP contribution in [0.2, 0.25) is 0 Å². The van der Waals surface area contributed by atoms with Crippen LogP contribution < -0.4 is 5.56 Å². The molecule has 0 bridgehead atoms. The van der Waals surface area contributed by atoms with Gasteiger partial charge in [0.1, 0.15) is 11.4 Å². The summed E-state index contributed by atoms with van der Waals surface area (Å²) in [5, 5.41) is 10.5. The monoisotopic (exact) mass is 436 g/mol. The van der Waals surface area contributed by atoms with Gasteiger partial charge in [-0.15, -0.1) is 11.8 Å². The normalized spacial score (nSPS) is 15.9. The van der Waals surface area contributed by atoms with Crippen molar-refractivity contribution in [2.75, 3.05) is 6.61 Å². The van der Waals surface area contributed by atoms with Crippen LogP contribution in [0.5, 0.6) is 5.75 Å². The van der Waals surface area contributed by atoms with Gasteiger partial charge in [0, 0.05) is 23.0 Å². The lowest BCUT2D eigenvalue weighted by Gasteiger charge is -2.27. The predicted molar refractivity (Wildman–Crippen MR) is 104 cm³/mol. The van der Waals surface area contributed by atoms with Crippen LogP contribution in [-0.2, 0) is 17.5 Å². The first-order chi connectivity index (χ1) is 14.2. The second kappa shape index (κ2) is 7.35. The summed E-state index contributed by atoms with van der Waals surface area (Å²) >= 11 is 1.35. The summed E-state index contributed by atoms with van der Waals surface area (Å²) in [6, 6.07) is 7.23. The molecule has 4 rings (SSSR count). The van der Waals surface area contributed by atoms with Crippen molar-refractivity contribution >= 4 is 28.6 Å². The van der Waals surface area contributed by atoms with Crippen LogP contribution in [0.25, 0.3) is 10.9 Å². The summed E-state index contributed by atoms with van der Waals surface area (Å²) in [5.74, 6) is -1.37. The van der Waals surface area contributed by atoms with E-state index in [9.17, 15) is 27.9 Å². The Kier molecular flexibility index (Phi) is 4.97. The highest BCUT2D eigenvalue weighted by Gasteiger charge is 2.33. The van der Waals surface area contributed by atoms with Crippen LogP contribution in [0.4, 0.5) is 13.2 Å². The molecular weight excluding hydrogens is 421 g/mol. The van der Waals surface area contributed by atoms with E-state index in [2.05, 4.69) is 4.98 Å². The average Bonchev–Trinajstić information content (AvgIpc) is 2.71. The number of halogens is 3. The molecule has 0 saturated carbocycles. The highest BCUT2D eigenvalue weighted by Crippen LogP contribution is 2.45. The number of thioether (sulfide) groups is 1. The molecule has 0 amide bonds. The maximum absolute atomic E-state index is 13.0. The molecule has 0 fully saturated rings. The van der Waals surface area contributed by atoms with Gasteiger partial charge in [0.05, 0.1) is 17.4 Å². The molecule has 6 nitrogen and oxygen atoms in total. The quantitative estimate of drug-likeness (QED) is 0.622. The van der Waals surface area contributed by atoms with Gasteiger partial charge in [-0.05, 0) is 30.7 Å². The molecule has 2 aromatic heterocycles. The van der Waals surface area contributed by atoms with Crippen molar-refractivity contribution in [3.8, 4) is 5.75 Å².